The summed E-state index contributed by atoms with van der Waals surface area (Å²) in [5.41, 5.74) is 2.94. The molecule has 2 aromatic rings. The molecule has 12 atom stereocenters. The highest BCUT2D eigenvalue weighted by atomic mass is 35.5. The zero-order chi connectivity index (χ0) is 47.7. The Labute approximate surface area is 388 Å². The van der Waals surface area contributed by atoms with Gasteiger partial charge in [0, 0.05) is 23.0 Å². The van der Waals surface area contributed by atoms with E-state index < -0.39 is 151 Å². The van der Waals surface area contributed by atoms with Gasteiger partial charge in [-0.3, -0.25) is 38.6 Å². The number of phenols is 2. The van der Waals surface area contributed by atoms with Crippen LogP contribution in [0.1, 0.15) is 47.9 Å². The van der Waals surface area contributed by atoms with E-state index in [1.165, 1.54) is 50.1 Å². The molecule has 0 aliphatic heterocycles. The van der Waals surface area contributed by atoms with Crippen LogP contribution in [0.5, 0.6) is 11.5 Å². The van der Waals surface area contributed by atoms with Crippen molar-refractivity contribution < 1.29 is 79.8 Å². The van der Waals surface area contributed by atoms with Gasteiger partial charge in [0.1, 0.15) is 45.7 Å². The average molecular weight is 962 g/mol. The van der Waals surface area contributed by atoms with Gasteiger partial charge in [-0.25, -0.2) is 0 Å². The average Bonchev–Trinajstić information content (AvgIpc) is 3.20. The molecule has 20 nitrogen and oxygen atoms in total. The first-order valence-electron chi connectivity index (χ1n) is 20.0. The van der Waals surface area contributed by atoms with E-state index in [-0.39, 0.29) is 47.4 Å². The molecule has 0 radical (unpaired) electrons. The number of halogens is 2. The van der Waals surface area contributed by atoms with Crippen LogP contribution in [-0.4, -0.2) is 159 Å². The fraction of sp³-hybridized carbons (Fsp3) is 0.409. The van der Waals surface area contributed by atoms with E-state index in [1.807, 2.05) is 0 Å². The van der Waals surface area contributed by atoms with Gasteiger partial charge in [0.2, 0.25) is 11.6 Å². The number of aliphatic hydroxyl groups is 8. The number of nitrogens with two attached hydrogens (primary N) is 2. The van der Waals surface area contributed by atoms with Crippen molar-refractivity contribution in [3.05, 3.63) is 92.5 Å². The van der Waals surface area contributed by atoms with E-state index >= 15 is 0 Å². The smallest absolute Gasteiger partial charge is 0.255 e. The molecule has 2 amide bonds. The molecule has 356 valence electrons. The summed E-state index contributed by atoms with van der Waals surface area (Å²) in [7, 11) is 5.84. The lowest BCUT2D eigenvalue weighted by Gasteiger charge is -2.53. The van der Waals surface area contributed by atoms with Gasteiger partial charge < -0.3 is 62.5 Å². The molecule has 22 heteroatoms. The highest BCUT2D eigenvalue weighted by molar-refractivity contribution is 6.26. The number of Topliss-reactive ketones (excluding diaryl/α,β-unsaturated/α-hetero) is 4. The van der Waals surface area contributed by atoms with Crippen molar-refractivity contribution in [3.63, 3.8) is 0 Å². The minimum atomic E-state index is -2.89. The van der Waals surface area contributed by atoms with Crippen LogP contribution in [0, 0.1) is 23.7 Å². The van der Waals surface area contributed by atoms with Crippen LogP contribution in [-0.2, 0) is 28.8 Å². The maximum atomic E-state index is 13.7. The Morgan fingerprint density at radius 2 is 0.879 bits per heavy atom. The Hall–Kier alpha value is -5.84. The van der Waals surface area contributed by atoms with E-state index in [1.54, 1.807) is 38.1 Å². The topological polar surface area (TPSA) is 363 Å². The van der Waals surface area contributed by atoms with Crippen molar-refractivity contribution in [1.82, 2.24) is 9.80 Å². The molecule has 2 fully saturated rings. The summed E-state index contributed by atoms with van der Waals surface area (Å²) in [5.74, 6) is -17.7. The molecule has 2 aromatic carbocycles. The van der Waals surface area contributed by atoms with Crippen molar-refractivity contribution in [2.24, 2.45) is 35.1 Å². The van der Waals surface area contributed by atoms with Gasteiger partial charge in [-0.05, 0) is 63.3 Å². The molecule has 2 saturated carbocycles. The first-order chi connectivity index (χ1) is 29.7. The predicted octanol–water partition coefficient (Wildman–Crippen LogP) is -0.165. The van der Waals surface area contributed by atoms with E-state index in [9.17, 15) is 79.8 Å². The van der Waals surface area contributed by atoms with Gasteiger partial charge in [-0.15, -0.1) is 24.8 Å². The summed E-state index contributed by atoms with van der Waals surface area (Å²) in [6.07, 6.45) is -3.18. The van der Waals surface area contributed by atoms with Crippen LogP contribution in [0.2, 0.25) is 0 Å². The minimum Gasteiger partial charge on any atom is -0.508 e. The summed E-state index contributed by atoms with van der Waals surface area (Å²) in [5, 5.41) is 110. The molecular weight excluding hydrogens is 911 g/mol. The van der Waals surface area contributed by atoms with Gasteiger partial charge in [-0.1, -0.05) is 38.1 Å². The van der Waals surface area contributed by atoms with Crippen molar-refractivity contribution in [1.29, 1.82) is 0 Å². The molecular formula is C44H50Cl2N4O16. The lowest BCUT2D eigenvalue weighted by molar-refractivity contribution is -0.170. The SMILES string of the molecule is C[C@H]1c2cccc(O)c2C(O)=C2C(=O)[C@]3(O)C(O)=C(C(N)=O)C(=O)[C@@H](N(C)C)[C@@H]3[C@@H](O)[C@@H]21.C[C@H]1c2cccc(O)c2C(O)=C2C(=O)[C@]3(O)C(O)=C(C(N)=O)C(=O)[C@@H](N(C)C)[C@@H]3[C@@H](O)[C@@H]21.Cl.Cl. The van der Waals surface area contributed by atoms with Crippen molar-refractivity contribution in [2.75, 3.05) is 28.2 Å². The van der Waals surface area contributed by atoms with Crippen LogP contribution in [0.25, 0.3) is 11.5 Å². The number of benzene rings is 2. The number of amides is 2. The number of primary amides is 2. The monoisotopic (exact) mass is 960 g/mol. The number of carbonyl (C=O) groups is 6. The number of rotatable bonds is 4. The molecule has 0 unspecified atom stereocenters. The van der Waals surface area contributed by atoms with Crippen LogP contribution < -0.4 is 11.5 Å². The third kappa shape index (κ3) is 6.56. The second kappa shape index (κ2) is 17.1. The van der Waals surface area contributed by atoms with E-state index in [2.05, 4.69) is 0 Å². The summed E-state index contributed by atoms with van der Waals surface area (Å²) in [4.78, 5) is 79.9. The fourth-order valence-electron chi connectivity index (χ4n) is 11.2. The number of nitrogens with zero attached hydrogens (tertiary/aromatic N) is 2. The van der Waals surface area contributed by atoms with E-state index in [0.717, 1.165) is 0 Å². The van der Waals surface area contributed by atoms with Crippen LogP contribution >= 0.6 is 24.8 Å². The normalized spacial score (nSPS) is 33.3. The Bertz CT molecular complexity index is 2460. The quantitative estimate of drug-likeness (QED) is 0.177. The van der Waals surface area contributed by atoms with Crippen molar-refractivity contribution in [3.8, 4) is 11.5 Å². The molecule has 6 aliphatic rings. The number of likely N-dealkylation sites (N-methyl/N-ethyl adjacent to an activating group) is 2. The third-order valence-corrected chi connectivity index (χ3v) is 14.0. The second-order valence-electron chi connectivity index (χ2n) is 17.6. The van der Waals surface area contributed by atoms with Crippen LogP contribution in [0.4, 0.5) is 0 Å². The Balaban J connectivity index is 0.000000240. The molecule has 66 heavy (non-hydrogen) atoms. The molecule has 0 heterocycles. The van der Waals surface area contributed by atoms with Gasteiger partial charge in [0.15, 0.2) is 22.8 Å². The minimum absolute atomic E-state index is 0. The third-order valence-electron chi connectivity index (χ3n) is 14.0. The maximum absolute atomic E-state index is 13.7. The zero-order valence-electron chi connectivity index (χ0n) is 36.0. The van der Waals surface area contributed by atoms with Gasteiger partial charge in [0.05, 0.1) is 47.3 Å². The fourth-order valence-corrected chi connectivity index (χ4v) is 11.2. The van der Waals surface area contributed by atoms with Crippen molar-refractivity contribution in [2.45, 2.75) is 61.2 Å². The second-order valence-corrected chi connectivity index (χ2v) is 17.6. The lowest BCUT2D eigenvalue weighted by Crippen LogP contribution is -2.70. The maximum Gasteiger partial charge on any atom is 0.255 e. The number of carbonyl (C=O) groups excluding carboxylic acids is 6. The predicted molar refractivity (Wildman–Crippen MR) is 235 cm³/mol. The summed E-state index contributed by atoms with van der Waals surface area (Å²) >= 11 is 0. The van der Waals surface area contributed by atoms with Gasteiger partial charge in [-0.2, -0.15) is 0 Å². The molecule has 0 spiro atoms. The van der Waals surface area contributed by atoms with Gasteiger partial charge in [0.25, 0.3) is 11.8 Å². The summed E-state index contributed by atoms with van der Waals surface area (Å²) < 4.78 is 0. The molecule has 0 saturated heterocycles. The molecule has 14 N–H and O–H groups in total. The number of ketones is 4. The molecule has 6 aliphatic carbocycles. The number of hydrogen-bond donors (Lipinski definition) is 12. The highest BCUT2D eigenvalue weighted by Gasteiger charge is 2.70. The van der Waals surface area contributed by atoms with E-state index in [0.29, 0.717) is 11.1 Å². The van der Waals surface area contributed by atoms with Crippen molar-refractivity contribution >= 4 is 71.3 Å². The molecule has 0 bridgehead atoms. The Kier molecular flexibility index (Phi) is 13.3. The molecule has 8 rings (SSSR count). The first-order valence-corrected chi connectivity index (χ1v) is 20.0. The number of hydrogen-bond acceptors (Lipinski definition) is 18. The lowest BCUT2D eigenvalue weighted by atomic mass is 9.54. The first kappa shape index (κ1) is 51.1. The summed E-state index contributed by atoms with van der Waals surface area (Å²) in [6, 6.07) is 6.26. The molecule has 0 aromatic heterocycles. The Morgan fingerprint density at radius 1 is 0.576 bits per heavy atom. The standard InChI is InChI=1S/2C22H24N2O8.2ClH/c2*1-7-8-5-4-6-9(25)11(8)16(26)12-10(7)17(27)14-15(24(2)3)18(28)13(21(23)31)20(30)22(14,32)19(12)29;;/h2*4-7,10,14-15,17,25-27,30,32H,1-3H3,(H2,23,31);2*1H/t2*7-,10+,14+,15-,17-,22-;;/m00../s1. The van der Waals surface area contributed by atoms with E-state index in [4.69, 9.17) is 11.5 Å². The zero-order valence-corrected chi connectivity index (χ0v) is 37.7. The number of fused-ring (bicyclic) bond motifs is 6. The largest absolute Gasteiger partial charge is 0.508 e. The number of aliphatic hydroxyl groups excluding tert-OH is 6. The number of phenolic OH excluding ortho intramolecular Hbond substituents is 2. The highest BCUT2D eigenvalue weighted by Crippen LogP contribution is 2.58. The van der Waals surface area contributed by atoms with Gasteiger partial charge >= 0.3 is 0 Å². The van der Waals surface area contributed by atoms with Crippen LogP contribution in [0.15, 0.2) is 70.2 Å². The Morgan fingerprint density at radius 3 is 1.15 bits per heavy atom. The summed E-state index contributed by atoms with van der Waals surface area (Å²) in [6.45, 7) is 3.35. The number of aromatic hydroxyl groups is 2. The van der Waals surface area contributed by atoms with Crippen LogP contribution in [0.3, 0.4) is 0 Å².